The molecular weight excluding hydrogens is 210 g/mol. The van der Waals surface area contributed by atoms with Gasteiger partial charge in [0.05, 0.1) is 0 Å². The predicted octanol–water partition coefficient (Wildman–Crippen LogP) is 2.69. The van der Waals surface area contributed by atoms with Gasteiger partial charge in [0.1, 0.15) is 0 Å². The summed E-state index contributed by atoms with van der Waals surface area (Å²) in [6.45, 7) is 7.63. The van der Waals surface area contributed by atoms with Crippen LogP contribution in [0.25, 0.3) is 0 Å². The number of hydrogen-bond acceptors (Lipinski definition) is 2. The van der Waals surface area contributed by atoms with E-state index in [1.807, 2.05) is 17.9 Å². The van der Waals surface area contributed by atoms with E-state index in [0.29, 0.717) is 0 Å². The molecule has 1 rings (SSSR count). The van der Waals surface area contributed by atoms with Crippen LogP contribution in [0.1, 0.15) is 39.3 Å². The number of allylic oxidation sites excluding steroid dienone is 1. The Morgan fingerprint density at radius 1 is 1.29 bits per heavy atom. The highest BCUT2D eigenvalue weighted by Gasteiger charge is 2.06. The second kappa shape index (κ2) is 6.60. The lowest BCUT2D eigenvalue weighted by Crippen LogP contribution is -2.36. The summed E-state index contributed by atoms with van der Waals surface area (Å²) in [5, 5.41) is 7.62. The Bertz CT molecular complexity index is 345. The largest absolute Gasteiger partial charge is 0.312 e. The van der Waals surface area contributed by atoms with Gasteiger partial charge in [0.25, 0.3) is 0 Å². The van der Waals surface area contributed by atoms with Crippen LogP contribution in [-0.4, -0.2) is 21.9 Å². The Labute approximate surface area is 105 Å². The maximum atomic E-state index is 4.15. The summed E-state index contributed by atoms with van der Waals surface area (Å²) in [5.74, 6) is 0. The molecule has 96 valence electrons. The SMILES string of the molecule is Cn1nccc1CC/C=C/CCNC(C)(C)C. The predicted molar refractivity (Wildman–Crippen MR) is 73.0 cm³/mol. The molecule has 3 nitrogen and oxygen atoms in total. The van der Waals surface area contributed by atoms with Crippen LogP contribution >= 0.6 is 0 Å². The van der Waals surface area contributed by atoms with Crippen molar-refractivity contribution in [2.24, 2.45) is 7.05 Å². The number of nitrogens with zero attached hydrogens (tertiary/aromatic N) is 2. The Morgan fingerprint density at radius 2 is 2.00 bits per heavy atom. The average Bonchev–Trinajstić information content (AvgIpc) is 2.61. The summed E-state index contributed by atoms with van der Waals surface area (Å²) in [6.07, 6.45) is 9.64. The Kier molecular flexibility index (Phi) is 5.42. The van der Waals surface area contributed by atoms with Crippen LogP contribution in [0.5, 0.6) is 0 Å². The van der Waals surface area contributed by atoms with Gasteiger partial charge in [0.2, 0.25) is 0 Å². The summed E-state index contributed by atoms with van der Waals surface area (Å²) in [4.78, 5) is 0. The van der Waals surface area contributed by atoms with E-state index in [9.17, 15) is 0 Å². The maximum Gasteiger partial charge on any atom is 0.0492 e. The normalized spacial score (nSPS) is 12.5. The van der Waals surface area contributed by atoms with Crippen molar-refractivity contribution < 1.29 is 0 Å². The fourth-order valence-electron chi connectivity index (χ4n) is 1.64. The summed E-state index contributed by atoms with van der Waals surface area (Å²) < 4.78 is 1.94. The zero-order valence-corrected chi connectivity index (χ0v) is 11.5. The first kappa shape index (κ1) is 14.0. The quantitative estimate of drug-likeness (QED) is 0.607. The van der Waals surface area contributed by atoms with Gasteiger partial charge in [0, 0.05) is 24.5 Å². The zero-order valence-electron chi connectivity index (χ0n) is 11.5. The van der Waals surface area contributed by atoms with Crippen LogP contribution in [-0.2, 0) is 13.5 Å². The Morgan fingerprint density at radius 3 is 2.59 bits per heavy atom. The van der Waals surface area contributed by atoms with Crippen LogP contribution in [0, 0.1) is 0 Å². The molecule has 17 heavy (non-hydrogen) atoms. The minimum atomic E-state index is 0.225. The van der Waals surface area contributed by atoms with Gasteiger partial charge in [-0.1, -0.05) is 12.2 Å². The smallest absolute Gasteiger partial charge is 0.0492 e. The van der Waals surface area contributed by atoms with Crippen molar-refractivity contribution in [3.8, 4) is 0 Å². The van der Waals surface area contributed by atoms with Gasteiger partial charge in [-0.05, 0) is 52.6 Å². The van der Waals surface area contributed by atoms with Gasteiger partial charge >= 0.3 is 0 Å². The van der Waals surface area contributed by atoms with Crippen LogP contribution in [0.3, 0.4) is 0 Å². The molecule has 0 unspecified atom stereocenters. The number of aryl methyl sites for hydroxylation is 2. The Balaban J connectivity index is 2.09. The third-order valence-electron chi connectivity index (χ3n) is 2.62. The van der Waals surface area contributed by atoms with Gasteiger partial charge in [-0.25, -0.2) is 0 Å². The lowest BCUT2D eigenvalue weighted by molar-refractivity contribution is 0.431. The molecule has 0 aliphatic rings. The molecule has 1 N–H and O–H groups in total. The molecule has 1 heterocycles. The number of hydrogen-bond donors (Lipinski definition) is 1. The second-order valence-corrected chi connectivity index (χ2v) is 5.42. The molecule has 0 aliphatic carbocycles. The van der Waals surface area contributed by atoms with Crippen LogP contribution < -0.4 is 5.32 Å². The molecule has 1 aromatic rings. The number of nitrogens with one attached hydrogen (secondary N) is 1. The summed E-state index contributed by atoms with van der Waals surface area (Å²) in [6, 6.07) is 2.08. The molecule has 3 heteroatoms. The monoisotopic (exact) mass is 235 g/mol. The Hall–Kier alpha value is -1.09. The molecular formula is C14H25N3. The first-order valence-corrected chi connectivity index (χ1v) is 6.36. The summed E-state index contributed by atoms with van der Waals surface area (Å²) in [5.41, 5.74) is 1.52. The standard InChI is InChI=1S/C14H25N3/c1-14(2,3)15-11-8-6-5-7-9-13-10-12-16-17(13)4/h5-6,10,12,15H,7-9,11H2,1-4H3/b6-5+. The highest BCUT2D eigenvalue weighted by molar-refractivity contribution is 5.01. The zero-order chi connectivity index (χ0) is 12.7. The van der Waals surface area contributed by atoms with Gasteiger partial charge < -0.3 is 5.32 Å². The molecule has 0 saturated carbocycles. The van der Waals surface area contributed by atoms with Crippen LogP contribution in [0.2, 0.25) is 0 Å². The third kappa shape index (κ3) is 6.27. The number of rotatable bonds is 6. The minimum absolute atomic E-state index is 0.225. The van der Waals surface area contributed by atoms with Crippen LogP contribution in [0.15, 0.2) is 24.4 Å². The molecule has 0 bridgehead atoms. The fraction of sp³-hybridized carbons (Fsp3) is 0.643. The van der Waals surface area contributed by atoms with Crippen molar-refractivity contribution in [2.45, 2.75) is 45.6 Å². The molecule has 0 spiro atoms. The van der Waals surface area contributed by atoms with E-state index in [1.165, 1.54) is 5.69 Å². The van der Waals surface area contributed by atoms with Crippen molar-refractivity contribution in [2.75, 3.05) is 6.54 Å². The van der Waals surface area contributed by atoms with Gasteiger partial charge in [-0.2, -0.15) is 5.10 Å². The molecule has 0 saturated heterocycles. The number of aromatic nitrogens is 2. The molecule has 0 aliphatic heterocycles. The molecule has 1 aromatic heterocycles. The van der Waals surface area contributed by atoms with Crippen molar-refractivity contribution in [3.63, 3.8) is 0 Å². The first-order chi connectivity index (χ1) is 7.99. The van der Waals surface area contributed by atoms with E-state index >= 15 is 0 Å². The highest BCUT2D eigenvalue weighted by atomic mass is 15.2. The van der Waals surface area contributed by atoms with Crippen molar-refractivity contribution in [1.29, 1.82) is 0 Å². The average molecular weight is 235 g/mol. The summed E-state index contributed by atoms with van der Waals surface area (Å²) in [7, 11) is 1.99. The van der Waals surface area contributed by atoms with Crippen molar-refractivity contribution in [3.05, 3.63) is 30.1 Å². The van der Waals surface area contributed by atoms with E-state index in [4.69, 9.17) is 0 Å². The fourth-order valence-corrected chi connectivity index (χ4v) is 1.64. The topological polar surface area (TPSA) is 29.9 Å². The lowest BCUT2D eigenvalue weighted by atomic mass is 10.1. The van der Waals surface area contributed by atoms with E-state index in [2.05, 4.69) is 49.4 Å². The maximum absolute atomic E-state index is 4.15. The van der Waals surface area contributed by atoms with Crippen molar-refractivity contribution >= 4 is 0 Å². The molecule has 0 radical (unpaired) electrons. The minimum Gasteiger partial charge on any atom is -0.312 e. The van der Waals surface area contributed by atoms with Crippen molar-refractivity contribution in [1.82, 2.24) is 15.1 Å². The van der Waals surface area contributed by atoms with E-state index in [-0.39, 0.29) is 5.54 Å². The van der Waals surface area contributed by atoms with Gasteiger partial charge in [0.15, 0.2) is 0 Å². The van der Waals surface area contributed by atoms with E-state index in [0.717, 1.165) is 25.8 Å². The molecule has 0 amide bonds. The third-order valence-corrected chi connectivity index (χ3v) is 2.62. The summed E-state index contributed by atoms with van der Waals surface area (Å²) >= 11 is 0. The second-order valence-electron chi connectivity index (χ2n) is 5.42. The lowest BCUT2D eigenvalue weighted by Gasteiger charge is -2.19. The van der Waals surface area contributed by atoms with Gasteiger partial charge in [-0.15, -0.1) is 0 Å². The van der Waals surface area contributed by atoms with Gasteiger partial charge in [-0.3, -0.25) is 4.68 Å². The van der Waals surface area contributed by atoms with E-state index < -0.39 is 0 Å². The first-order valence-electron chi connectivity index (χ1n) is 6.36. The molecule has 0 aromatic carbocycles. The molecule has 0 fully saturated rings. The van der Waals surface area contributed by atoms with Crippen LogP contribution in [0.4, 0.5) is 0 Å². The van der Waals surface area contributed by atoms with E-state index in [1.54, 1.807) is 0 Å². The molecule has 0 atom stereocenters. The highest BCUT2D eigenvalue weighted by Crippen LogP contribution is 2.02.